The van der Waals surface area contributed by atoms with Gasteiger partial charge in [0, 0.05) is 12.6 Å². The highest BCUT2D eigenvalue weighted by atomic mass is 16.5. The Labute approximate surface area is 101 Å². The van der Waals surface area contributed by atoms with E-state index in [-0.39, 0.29) is 12.6 Å². The van der Waals surface area contributed by atoms with Crippen LogP contribution in [0.15, 0.2) is 24.3 Å². The smallest absolute Gasteiger partial charge is 0.321 e. The van der Waals surface area contributed by atoms with Gasteiger partial charge in [-0.25, -0.2) is 0 Å². The summed E-state index contributed by atoms with van der Waals surface area (Å²) >= 11 is 0. The van der Waals surface area contributed by atoms with E-state index in [1.54, 1.807) is 7.11 Å². The molecule has 94 valence electrons. The molecule has 5 heteroatoms. The lowest BCUT2D eigenvalue weighted by atomic mass is 10.1. The van der Waals surface area contributed by atoms with Crippen molar-refractivity contribution in [2.45, 2.75) is 19.0 Å². The van der Waals surface area contributed by atoms with Crippen LogP contribution in [0, 0.1) is 0 Å². The number of nitrogens with one attached hydrogen (secondary N) is 1. The average molecular weight is 238 g/mol. The molecule has 0 radical (unpaired) electrons. The average Bonchev–Trinajstić information content (AvgIpc) is 2.35. The summed E-state index contributed by atoms with van der Waals surface area (Å²) in [5.74, 6) is -0.206. The van der Waals surface area contributed by atoms with Gasteiger partial charge in [-0.3, -0.25) is 4.79 Å². The number of hydrogen-bond donors (Lipinski definition) is 3. The number of hydrogen-bond acceptors (Lipinski definition) is 4. The number of benzene rings is 1. The molecule has 1 aromatic rings. The molecule has 0 aromatic heterocycles. The molecule has 2 atom stereocenters. The maximum Gasteiger partial charge on any atom is 0.321 e. The minimum absolute atomic E-state index is 0.0475. The Morgan fingerprint density at radius 2 is 2.06 bits per heavy atom. The van der Waals surface area contributed by atoms with Crippen LogP contribution in [0.3, 0.4) is 0 Å². The molecule has 5 nitrogen and oxygen atoms in total. The van der Waals surface area contributed by atoms with Crippen molar-refractivity contribution < 1.29 is 14.6 Å². The predicted molar refractivity (Wildman–Crippen MR) is 65.0 cm³/mol. The molecular weight excluding hydrogens is 220 g/mol. The minimum Gasteiger partial charge on any atom is -0.497 e. The van der Waals surface area contributed by atoms with Crippen molar-refractivity contribution in [2.24, 2.45) is 5.73 Å². The third kappa shape index (κ3) is 4.05. The molecule has 0 bridgehead atoms. The third-order valence-corrected chi connectivity index (χ3v) is 2.58. The van der Waals surface area contributed by atoms with Crippen LogP contribution in [0.4, 0.5) is 0 Å². The second-order valence-corrected chi connectivity index (χ2v) is 3.85. The lowest BCUT2D eigenvalue weighted by molar-refractivity contribution is -0.138. The van der Waals surface area contributed by atoms with Crippen LogP contribution in [0.5, 0.6) is 5.75 Å². The summed E-state index contributed by atoms with van der Waals surface area (Å²) in [6.07, 6.45) is 0. The molecule has 17 heavy (non-hydrogen) atoms. The first-order valence-electron chi connectivity index (χ1n) is 5.40. The normalized spacial score (nSPS) is 14.1. The highest BCUT2D eigenvalue weighted by Crippen LogP contribution is 2.16. The van der Waals surface area contributed by atoms with Crippen molar-refractivity contribution >= 4 is 5.97 Å². The molecule has 1 aromatic carbocycles. The molecule has 0 fully saturated rings. The lowest BCUT2D eigenvalue weighted by Gasteiger charge is -2.16. The van der Waals surface area contributed by atoms with E-state index in [1.807, 2.05) is 31.2 Å². The maximum atomic E-state index is 10.6. The summed E-state index contributed by atoms with van der Waals surface area (Å²) in [5, 5.41) is 11.7. The molecule has 0 aliphatic heterocycles. The molecule has 0 saturated heterocycles. The molecule has 0 aliphatic carbocycles. The molecule has 0 aliphatic rings. The van der Waals surface area contributed by atoms with Gasteiger partial charge in [-0.15, -0.1) is 0 Å². The molecule has 4 N–H and O–H groups in total. The summed E-state index contributed by atoms with van der Waals surface area (Å²) in [6, 6.07) is 6.77. The van der Waals surface area contributed by atoms with E-state index < -0.39 is 12.0 Å². The van der Waals surface area contributed by atoms with Crippen molar-refractivity contribution in [1.29, 1.82) is 0 Å². The second kappa shape index (κ2) is 6.22. The van der Waals surface area contributed by atoms with Crippen molar-refractivity contribution in [2.75, 3.05) is 13.7 Å². The zero-order chi connectivity index (χ0) is 12.8. The molecule has 0 heterocycles. The van der Waals surface area contributed by atoms with Gasteiger partial charge in [0.15, 0.2) is 0 Å². The number of rotatable bonds is 6. The fourth-order valence-electron chi connectivity index (χ4n) is 1.40. The largest absolute Gasteiger partial charge is 0.497 e. The fraction of sp³-hybridized carbons (Fsp3) is 0.417. The first-order valence-corrected chi connectivity index (χ1v) is 5.40. The van der Waals surface area contributed by atoms with Gasteiger partial charge in [-0.2, -0.15) is 0 Å². The van der Waals surface area contributed by atoms with Crippen molar-refractivity contribution in [3.63, 3.8) is 0 Å². The first kappa shape index (κ1) is 13.5. The number of ether oxygens (including phenoxy) is 1. The number of carbonyl (C=O) groups is 1. The van der Waals surface area contributed by atoms with Crippen LogP contribution in [-0.2, 0) is 4.79 Å². The molecule has 0 spiro atoms. The Bertz CT molecular complexity index is 365. The number of methoxy groups -OCH3 is 1. The predicted octanol–water partition coefficient (Wildman–Crippen LogP) is 0.758. The fourth-order valence-corrected chi connectivity index (χ4v) is 1.40. The minimum atomic E-state index is -1.00. The highest BCUT2D eigenvalue weighted by Gasteiger charge is 2.13. The molecular formula is C12H18N2O3. The lowest BCUT2D eigenvalue weighted by Crippen LogP contribution is -2.41. The van der Waals surface area contributed by atoms with Crippen molar-refractivity contribution in [3.8, 4) is 5.75 Å². The van der Waals surface area contributed by atoms with Gasteiger partial charge in [0.05, 0.1) is 7.11 Å². The van der Waals surface area contributed by atoms with Crippen LogP contribution in [0.2, 0.25) is 0 Å². The summed E-state index contributed by atoms with van der Waals surface area (Å²) in [5.41, 5.74) is 6.47. The van der Waals surface area contributed by atoms with E-state index in [9.17, 15) is 4.79 Å². The Kier molecular flexibility index (Phi) is 4.93. The monoisotopic (exact) mass is 238 g/mol. The Hall–Kier alpha value is -1.59. The van der Waals surface area contributed by atoms with Gasteiger partial charge < -0.3 is 20.9 Å². The quantitative estimate of drug-likeness (QED) is 0.681. The van der Waals surface area contributed by atoms with Crippen molar-refractivity contribution in [3.05, 3.63) is 29.8 Å². The Morgan fingerprint density at radius 3 is 2.53 bits per heavy atom. The zero-order valence-corrected chi connectivity index (χ0v) is 10.0. The number of aliphatic carboxylic acids is 1. The third-order valence-electron chi connectivity index (χ3n) is 2.58. The van der Waals surface area contributed by atoms with Gasteiger partial charge in [-0.05, 0) is 24.6 Å². The summed E-state index contributed by atoms with van der Waals surface area (Å²) in [7, 11) is 1.61. The maximum absolute atomic E-state index is 10.6. The van der Waals surface area contributed by atoms with E-state index in [0.717, 1.165) is 11.3 Å². The van der Waals surface area contributed by atoms with E-state index in [1.165, 1.54) is 0 Å². The number of carboxylic acid groups (broad SMARTS) is 1. The van der Waals surface area contributed by atoms with E-state index in [0.29, 0.717) is 0 Å². The molecule has 2 unspecified atom stereocenters. The number of carboxylic acids is 1. The van der Waals surface area contributed by atoms with Gasteiger partial charge in [0.25, 0.3) is 0 Å². The summed E-state index contributed by atoms with van der Waals surface area (Å²) < 4.78 is 5.06. The van der Waals surface area contributed by atoms with E-state index in [2.05, 4.69) is 5.32 Å². The van der Waals surface area contributed by atoms with Crippen LogP contribution in [0.25, 0.3) is 0 Å². The van der Waals surface area contributed by atoms with Crippen molar-refractivity contribution in [1.82, 2.24) is 5.32 Å². The highest BCUT2D eigenvalue weighted by molar-refractivity contribution is 5.73. The van der Waals surface area contributed by atoms with E-state index in [4.69, 9.17) is 15.6 Å². The number of nitrogens with two attached hydrogens (primary N) is 1. The van der Waals surface area contributed by atoms with Crippen LogP contribution < -0.4 is 15.8 Å². The zero-order valence-electron chi connectivity index (χ0n) is 10.0. The van der Waals surface area contributed by atoms with Crippen LogP contribution in [0.1, 0.15) is 18.5 Å². The standard InChI is InChI=1S/C12H18N2O3/c1-8(14-7-11(13)12(15)16)9-3-5-10(17-2)6-4-9/h3-6,8,11,14H,7,13H2,1-2H3,(H,15,16). The Morgan fingerprint density at radius 1 is 1.47 bits per heavy atom. The Balaban J connectivity index is 2.51. The second-order valence-electron chi connectivity index (χ2n) is 3.85. The molecule has 0 amide bonds. The van der Waals surface area contributed by atoms with Gasteiger partial charge in [0.2, 0.25) is 0 Å². The topological polar surface area (TPSA) is 84.6 Å². The summed E-state index contributed by atoms with van der Waals surface area (Å²) in [6.45, 7) is 2.19. The summed E-state index contributed by atoms with van der Waals surface area (Å²) in [4.78, 5) is 10.6. The van der Waals surface area contributed by atoms with Crippen LogP contribution >= 0.6 is 0 Å². The van der Waals surface area contributed by atoms with Crippen LogP contribution in [-0.4, -0.2) is 30.8 Å². The van der Waals surface area contributed by atoms with Gasteiger partial charge in [-0.1, -0.05) is 12.1 Å². The van der Waals surface area contributed by atoms with Gasteiger partial charge in [0.1, 0.15) is 11.8 Å². The SMILES string of the molecule is COc1ccc(C(C)NCC(N)C(=O)O)cc1. The molecule has 0 saturated carbocycles. The first-order chi connectivity index (χ1) is 8.04. The molecule has 1 rings (SSSR count). The van der Waals surface area contributed by atoms with Gasteiger partial charge >= 0.3 is 5.97 Å². The van der Waals surface area contributed by atoms with E-state index >= 15 is 0 Å².